The Morgan fingerprint density at radius 1 is 1.02 bits per heavy atom. The van der Waals surface area contributed by atoms with E-state index >= 15 is 0 Å². The van der Waals surface area contributed by atoms with Crippen molar-refractivity contribution in [3.05, 3.63) is 102 Å². The summed E-state index contributed by atoms with van der Waals surface area (Å²) in [6.45, 7) is 10.1. The first-order valence-corrected chi connectivity index (χ1v) is 15.5. The van der Waals surface area contributed by atoms with Crippen LogP contribution in [0.15, 0.2) is 100 Å². The number of hydrazone groups is 1. The van der Waals surface area contributed by atoms with Gasteiger partial charge in [0.05, 0.1) is 29.9 Å². The number of nitrogens with two attached hydrogens (primary N) is 1. The molecule has 0 saturated heterocycles. The van der Waals surface area contributed by atoms with E-state index in [9.17, 15) is 13.2 Å². The molecule has 4 rings (SSSR count). The number of amidine groups is 1. The van der Waals surface area contributed by atoms with Crippen molar-refractivity contribution in [2.75, 3.05) is 18.4 Å². The molecule has 3 aromatic carbocycles. The zero-order chi connectivity index (χ0) is 31.9. The maximum absolute atomic E-state index is 13.6. The summed E-state index contributed by atoms with van der Waals surface area (Å²) in [4.78, 5) is 13.1. The number of rotatable bonds is 13. The van der Waals surface area contributed by atoms with Crippen molar-refractivity contribution in [3.63, 3.8) is 0 Å². The number of hydrogen-bond acceptors (Lipinski definition) is 9. The molecule has 232 valence electrons. The number of nitrogens with zero attached hydrogens (tertiary/aromatic N) is 2. The minimum atomic E-state index is -4.11. The van der Waals surface area contributed by atoms with Crippen LogP contribution in [0.3, 0.4) is 0 Å². The standard InChI is InChI=1S/C32H37N5O6S/c1-6-11-21(3)37-30(22(4)33)32(38)34-31(35-37)26-19-25(15-17-27(26)42-7-2)44(39,40)36-24-14-16-28(29(18-24)41-5)43-20-23-12-9-8-10-13-23/h8-10,12-19,36H,3,6-7,11,20,33H2,1-2,4-5H3,(H,34,35,38)/b30-22-. The van der Waals surface area contributed by atoms with E-state index in [2.05, 4.69) is 21.7 Å². The first-order chi connectivity index (χ1) is 21.1. The summed E-state index contributed by atoms with van der Waals surface area (Å²) in [7, 11) is -2.63. The second-order valence-corrected chi connectivity index (χ2v) is 11.6. The Labute approximate surface area is 258 Å². The van der Waals surface area contributed by atoms with Crippen LogP contribution in [0, 0.1) is 0 Å². The number of carbonyl (C=O) groups excluding carboxylic acids is 1. The minimum absolute atomic E-state index is 0.0773. The van der Waals surface area contributed by atoms with Crippen molar-refractivity contribution in [1.29, 1.82) is 0 Å². The van der Waals surface area contributed by atoms with E-state index in [0.29, 0.717) is 42.6 Å². The number of anilines is 1. The Morgan fingerprint density at radius 2 is 1.75 bits per heavy atom. The Hall–Kier alpha value is -4.97. The Balaban J connectivity index is 1.66. The topological polar surface area (TPSA) is 145 Å². The quantitative estimate of drug-likeness (QED) is 0.225. The van der Waals surface area contributed by atoms with Crippen molar-refractivity contribution in [3.8, 4) is 17.2 Å². The largest absolute Gasteiger partial charge is 0.493 e. The van der Waals surface area contributed by atoms with E-state index in [-0.39, 0.29) is 33.4 Å². The molecule has 1 heterocycles. The molecule has 12 heteroatoms. The molecule has 44 heavy (non-hydrogen) atoms. The van der Waals surface area contributed by atoms with Crippen LogP contribution >= 0.6 is 0 Å². The molecule has 0 bridgehead atoms. The van der Waals surface area contributed by atoms with Gasteiger partial charge in [-0.05, 0) is 56.2 Å². The van der Waals surface area contributed by atoms with Crippen molar-refractivity contribution in [1.82, 2.24) is 10.3 Å². The third-order valence-corrected chi connectivity index (χ3v) is 7.92. The van der Waals surface area contributed by atoms with Gasteiger partial charge in [-0.2, -0.15) is 0 Å². The highest BCUT2D eigenvalue weighted by Crippen LogP contribution is 2.33. The van der Waals surface area contributed by atoms with Gasteiger partial charge in [0.25, 0.3) is 15.9 Å². The lowest BCUT2D eigenvalue weighted by atomic mass is 10.1. The Bertz CT molecular complexity index is 1700. The Morgan fingerprint density at radius 3 is 2.41 bits per heavy atom. The van der Waals surface area contributed by atoms with Gasteiger partial charge in [-0.25, -0.2) is 13.4 Å². The second-order valence-electron chi connectivity index (χ2n) is 9.90. The molecule has 0 saturated carbocycles. The van der Waals surface area contributed by atoms with Gasteiger partial charge in [-0.3, -0.25) is 9.52 Å². The summed E-state index contributed by atoms with van der Waals surface area (Å²) in [5.41, 5.74) is 8.51. The average Bonchev–Trinajstić information content (AvgIpc) is 3.00. The fourth-order valence-electron chi connectivity index (χ4n) is 4.47. The van der Waals surface area contributed by atoms with Crippen molar-refractivity contribution < 1.29 is 27.4 Å². The maximum atomic E-state index is 13.6. The number of carbonyl (C=O) groups is 1. The van der Waals surface area contributed by atoms with Crippen LogP contribution in [-0.4, -0.2) is 38.9 Å². The van der Waals surface area contributed by atoms with Gasteiger partial charge in [0.15, 0.2) is 17.3 Å². The molecule has 1 aliphatic heterocycles. The molecule has 11 nitrogen and oxygen atoms in total. The number of hydrogen-bond donors (Lipinski definition) is 3. The van der Waals surface area contributed by atoms with Crippen LogP contribution in [0.2, 0.25) is 0 Å². The van der Waals surface area contributed by atoms with Gasteiger partial charge in [0.1, 0.15) is 18.1 Å². The molecule has 1 amide bonds. The summed E-state index contributed by atoms with van der Waals surface area (Å²) in [5.74, 6) is 0.760. The van der Waals surface area contributed by atoms with Gasteiger partial charge in [0, 0.05) is 17.5 Å². The second kappa shape index (κ2) is 14.0. The Kier molecular flexibility index (Phi) is 10.2. The molecule has 4 N–H and O–H groups in total. The van der Waals surface area contributed by atoms with Crippen molar-refractivity contribution >= 4 is 27.5 Å². The molecule has 0 unspecified atom stereocenters. The van der Waals surface area contributed by atoms with Crippen molar-refractivity contribution in [2.24, 2.45) is 10.8 Å². The highest BCUT2D eigenvalue weighted by atomic mass is 32.2. The SMILES string of the molecule is C=C(CCC)N1N=C(c2cc(S(=O)(=O)Nc3ccc(OCc4ccccc4)c(OC)c3)ccc2OCC)NC(=O)/C1=C(\C)N. The zero-order valence-electron chi connectivity index (χ0n) is 25.2. The molecular formula is C32H37N5O6S. The van der Waals surface area contributed by atoms with E-state index < -0.39 is 15.9 Å². The molecular weight excluding hydrogens is 582 g/mol. The van der Waals surface area contributed by atoms with Gasteiger partial charge in [-0.15, -0.1) is 5.10 Å². The lowest BCUT2D eigenvalue weighted by molar-refractivity contribution is -0.118. The van der Waals surface area contributed by atoms with Crippen LogP contribution in [-0.2, 0) is 21.4 Å². The summed E-state index contributed by atoms with van der Waals surface area (Å²) in [5, 5.41) is 8.73. The average molecular weight is 620 g/mol. The number of methoxy groups -OCH3 is 1. The van der Waals surface area contributed by atoms with Gasteiger partial charge in [-0.1, -0.05) is 50.3 Å². The minimum Gasteiger partial charge on any atom is -0.493 e. The van der Waals surface area contributed by atoms with Crippen LogP contribution < -0.4 is 30.0 Å². The first-order valence-electron chi connectivity index (χ1n) is 14.1. The summed E-state index contributed by atoms with van der Waals surface area (Å²) < 4.78 is 46.8. The normalized spacial score (nSPS) is 14.3. The molecule has 0 aliphatic carbocycles. The van der Waals surface area contributed by atoms with Gasteiger partial charge >= 0.3 is 0 Å². The van der Waals surface area contributed by atoms with Crippen LogP contribution in [0.1, 0.15) is 44.7 Å². The summed E-state index contributed by atoms with van der Waals surface area (Å²) >= 11 is 0. The van der Waals surface area contributed by atoms with E-state index in [4.69, 9.17) is 19.9 Å². The lowest BCUT2D eigenvalue weighted by Gasteiger charge is -2.30. The molecule has 0 aromatic heterocycles. The van der Waals surface area contributed by atoms with Gasteiger partial charge < -0.3 is 25.3 Å². The third kappa shape index (κ3) is 7.32. The fraction of sp³-hybridized carbons (Fsp3) is 0.250. The smallest absolute Gasteiger partial charge is 0.277 e. The molecule has 0 atom stereocenters. The number of ether oxygens (including phenoxy) is 3. The van der Waals surface area contributed by atoms with E-state index in [0.717, 1.165) is 12.0 Å². The molecule has 1 aliphatic rings. The molecule has 3 aromatic rings. The monoisotopic (exact) mass is 619 g/mol. The molecule has 0 radical (unpaired) electrons. The number of allylic oxidation sites excluding steroid dienone is 2. The number of amides is 1. The predicted octanol–water partition coefficient (Wildman–Crippen LogP) is 5.07. The summed E-state index contributed by atoms with van der Waals surface area (Å²) in [6.07, 6.45) is 1.34. The highest BCUT2D eigenvalue weighted by Gasteiger charge is 2.30. The van der Waals surface area contributed by atoms with E-state index in [1.807, 2.05) is 37.3 Å². The van der Waals surface area contributed by atoms with E-state index in [1.54, 1.807) is 32.0 Å². The van der Waals surface area contributed by atoms with Crippen LogP contribution in [0.5, 0.6) is 17.2 Å². The van der Waals surface area contributed by atoms with Crippen LogP contribution in [0.25, 0.3) is 0 Å². The highest BCUT2D eigenvalue weighted by molar-refractivity contribution is 7.92. The third-order valence-electron chi connectivity index (χ3n) is 6.54. The lowest BCUT2D eigenvalue weighted by Crippen LogP contribution is -2.44. The maximum Gasteiger partial charge on any atom is 0.277 e. The number of benzene rings is 3. The number of nitrogens with one attached hydrogen (secondary N) is 2. The fourth-order valence-corrected chi connectivity index (χ4v) is 5.55. The first kappa shape index (κ1) is 32.0. The molecule has 0 fully saturated rings. The van der Waals surface area contributed by atoms with E-state index in [1.165, 1.54) is 30.3 Å². The summed E-state index contributed by atoms with van der Waals surface area (Å²) in [6, 6.07) is 18.7. The van der Waals surface area contributed by atoms with Crippen LogP contribution in [0.4, 0.5) is 5.69 Å². The van der Waals surface area contributed by atoms with Crippen molar-refractivity contribution in [2.45, 2.75) is 45.1 Å². The zero-order valence-corrected chi connectivity index (χ0v) is 26.0. The van der Waals surface area contributed by atoms with Gasteiger partial charge in [0.2, 0.25) is 0 Å². The number of sulfonamides is 1. The molecule has 0 spiro atoms. The predicted molar refractivity (Wildman–Crippen MR) is 170 cm³/mol.